The second-order valence-corrected chi connectivity index (χ2v) is 3.77. The average Bonchev–Trinajstić information content (AvgIpc) is 2.36. The van der Waals surface area contributed by atoms with Crippen molar-refractivity contribution in [1.29, 1.82) is 0 Å². The number of carbonyl (C=O) groups is 1. The number of aliphatic carboxylic acids is 1. The van der Waals surface area contributed by atoms with E-state index in [1.165, 1.54) is 7.11 Å². The molecule has 98 valence electrons. The maximum atomic E-state index is 11.1. The maximum Gasteiger partial charge on any atom is 0.313 e. The third kappa shape index (κ3) is 4.22. The fourth-order valence-corrected chi connectivity index (χ4v) is 1.58. The van der Waals surface area contributed by atoms with Crippen LogP contribution in [-0.4, -0.2) is 31.4 Å². The summed E-state index contributed by atoms with van der Waals surface area (Å²) < 4.78 is 10.0. The van der Waals surface area contributed by atoms with Gasteiger partial charge in [-0.25, -0.2) is 0 Å². The molecule has 18 heavy (non-hydrogen) atoms. The molecule has 0 saturated carbocycles. The number of hydrogen-bond donors (Lipinski definition) is 1. The Morgan fingerprint density at radius 2 is 2.28 bits per heavy atom. The number of carboxylic acid groups (broad SMARTS) is 1. The minimum Gasteiger partial charge on any atom is -0.501 e. The van der Waals surface area contributed by atoms with Crippen molar-refractivity contribution < 1.29 is 19.4 Å². The van der Waals surface area contributed by atoms with Gasteiger partial charge in [-0.05, 0) is 24.1 Å². The monoisotopic (exact) mass is 250 g/mol. The van der Waals surface area contributed by atoms with Gasteiger partial charge in [0.15, 0.2) is 0 Å². The second kappa shape index (κ2) is 7.50. The van der Waals surface area contributed by atoms with Crippen molar-refractivity contribution in [3.63, 3.8) is 0 Å². The molecule has 1 aromatic rings. The Labute approximate surface area is 107 Å². The van der Waals surface area contributed by atoms with Crippen LogP contribution in [0.15, 0.2) is 30.5 Å². The first-order chi connectivity index (χ1) is 8.69. The van der Waals surface area contributed by atoms with Crippen LogP contribution in [0.1, 0.15) is 24.0 Å². The molecule has 0 spiro atoms. The van der Waals surface area contributed by atoms with Gasteiger partial charge in [0.2, 0.25) is 0 Å². The van der Waals surface area contributed by atoms with E-state index in [9.17, 15) is 4.79 Å². The molecule has 0 bridgehead atoms. The topological polar surface area (TPSA) is 55.8 Å². The molecule has 1 rings (SSSR count). The van der Waals surface area contributed by atoms with Crippen molar-refractivity contribution in [1.82, 2.24) is 0 Å². The Kier molecular flexibility index (Phi) is 5.94. The van der Waals surface area contributed by atoms with Gasteiger partial charge in [0.25, 0.3) is 0 Å². The van der Waals surface area contributed by atoms with Gasteiger partial charge < -0.3 is 14.6 Å². The van der Waals surface area contributed by atoms with E-state index >= 15 is 0 Å². The molecule has 0 aliphatic carbocycles. The van der Waals surface area contributed by atoms with Crippen LogP contribution < -0.4 is 0 Å². The Hall–Kier alpha value is -1.81. The molecule has 1 unspecified atom stereocenters. The van der Waals surface area contributed by atoms with E-state index in [4.69, 9.17) is 14.6 Å². The molecule has 0 fully saturated rings. The molecule has 0 heterocycles. The van der Waals surface area contributed by atoms with Crippen LogP contribution in [0.4, 0.5) is 0 Å². The summed E-state index contributed by atoms with van der Waals surface area (Å²) in [7, 11) is 1.49. The van der Waals surface area contributed by atoms with E-state index in [-0.39, 0.29) is 6.61 Å². The van der Waals surface area contributed by atoms with Gasteiger partial charge in [-0.3, -0.25) is 4.79 Å². The molecular weight excluding hydrogens is 232 g/mol. The van der Waals surface area contributed by atoms with Crippen molar-refractivity contribution >= 4 is 12.0 Å². The quantitative estimate of drug-likeness (QED) is 0.755. The zero-order chi connectivity index (χ0) is 13.4. The summed E-state index contributed by atoms with van der Waals surface area (Å²) in [5, 5.41) is 9.14. The average molecular weight is 250 g/mol. The number of benzene rings is 1. The number of hydrogen-bond acceptors (Lipinski definition) is 3. The third-order valence-corrected chi connectivity index (χ3v) is 2.47. The molecular formula is C14H18O4. The Balaban J connectivity index is 2.88. The lowest BCUT2D eigenvalue weighted by atomic mass is 9.98. The Morgan fingerprint density at radius 3 is 2.89 bits per heavy atom. The minimum atomic E-state index is -0.886. The van der Waals surface area contributed by atoms with Crippen LogP contribution in [0.5, 0.6) is 0 Å². The van der Waals surface area contributed by atoms with Crippen molar-refractivity contribution in [2.45, 2.75) is 12.8 Å². The van der Waals surface area contributed by atoms with Crippen molar-refractivity contribution in [3.8, 4) is 0 Å². The van der Waals surface area contributed by atoms with Crippen LogP contribution in [-0.2, 0) is 14.3 Å². The summed E-state index contributed by atoms with van der Waals surface area (Å²) in [4.78, 5) is 11.1. The molecule has 0 radical (unpaired) electrons. The molecule has 1 N–H and O–H groups in total. The summed E-state index contributed by atoms with van der Waals surface area (Å²) in [5.74, 6) is -1.53. The lowest BCUT2D eigenvalue weighted by Crippen LogP contribution is -2.16. The highest BCUT2D eigenvalue weighted by Gasteiger charge is 2.19. The molecule has 4 heteroatoms. The van der Waals surface area contributed by atoms with E-state index in [2.05, 4.69) is 0 Å². The molecule has 4 nitrogen and oxygen atoms in total. The minimum absolute atomic E-state index is 0.161. The Bertz CT molecular complexity index is 412. The fraction of sp³-hybridized carbons (Fsp3) is 0.357. The Morgan fingerprint density at radius 1 is 1.50 bits per heavy atom. The first-order valence-corrected chi connectivity index (χ1v) is 5.79. The molecule has 0 aliphatic rings. The van der Waals surface area contributed by atoms with Crippen molar-refractivity contribution in [2.75, 3.05) is 20.3 Å². The van der Waals surface area contributed by atoms with Gasteiger partial charge in [-0.15, -0.1) is 0 Å². The molecule has 0 saturated heterocycles. The van der Waals surface area contributed by atoms with Gasteiger partial charge >= 0.3 is 5.97 Å². The van der Waals surface area contributed by atoms with Crippen LogP contribution in [0.2, 0.25) is 0 Å². The van der Waals surface area contributed by atoms with Crippen molar-refractivity contribution in [2.24, 2.45) is 0 Å². The van der Waals surface area contributed by atoms with Crippen molar-refractivity contribution in [3.05, 3.63) is 41.7 Å². The normalized spacial score (nSPS) is 12.6. The molecule has 0 amide bonds. The van der Waals surface area contributed by atoms with Crippen LogP contribution in [0, 0.1) is 0 Å². The second-order valence-electron chi connectivity index (χ2n) is 3.77. The zero-order valence-electron chi connectivity index (χ0n) is 10.6. The van der Waals surface area contributed by atoms with Gasteiger partial charge in [0.1, 0.15) is 5.92 Å². The number of rotatable bonds is 7. The largest absolute Gasteiger partial charge is 0.501 e. The van der Waals surface area contributed by atoms with Crippen LogP contribution in [0.25, 0.3) is 6.08 Å². The highest BCUT2D eigenvalue weighted by Crippen LogP contribution is 2.18. The van der Waals surface area contributed by atoms with Crippen LogP contribution in [0.3, 0.4) is 0 Å². The first-order valence-electron chi connectivity index (χ1n) is 5.79. The predicted octanol–water partition coefficient (Wildman–Crippen LogP) is 2.51. The fourth-order valence-electron chi connectivity index (χ4n) is 1.58. The summed E-state index contributed by atoms with van der Waals surface area (Å²) in [6, 6.07) is 7.33. The summed E-state index contributed by atoms with van der Waals surface area (Å²) >= 11 is 0. The zero-order valence-corrected chi connectivity index (χ0v) is 10.6. The predicted molar refractivity (Wildman–Crippen MR) is 69.4 cm³/mol. The third-order valence-electron chi connectivity index (χ3n) is 2.47. The number of carboxylic acids is 1. The van der Waals surface area contributed by atoms with E-state index in [0.717, 1.165) is 11.1 Å². The summed E-state index contributed by atoms with van der Waals surface area (Å²) in [5.41, 5.74) is 1.63. The van der Waals surface area contributed by atoms with Gasteiger partial charge in [-0.1, -0.05) is 24.3 Å². The number of methoxy groups -OCH3 is 1. The van der Waals surface area contributed by atoms with Gasteiger partial charge in [0.05, 0.1) is 19.5 Å². The number of ether oxygens (including phenoxy) is 2. The standard InChI is InChI=1S/C14H18O4/c1-3-18-8-7-11-5-4-6-12(9-11)13(10-17-2)14(15)16/h4-9,13H,3,10H2,1-2H3,(H,15,16)/b8-7+. The van der Waals surface area contributed by atoms with Gasteiger partial charge in [0, 0.05) is 7.11 Å². The molecule has 1 atom stereocenters. The highest BCUT2D eigenvalue weighted by atomic mass is 16.5. The summed E-state index contributed by atoms with van der Waals surface area (Å²) in [6.07, 6.45) is 3.41. The summed E-state index contributed by atoms with van der Waals surface area (Å²) in [6.45, 7) is 2.67. The lowest BCUT2D eigenvalue weighted by Gasteiger charge is -2.12. The van der Waals surface area contributed by atoms with E-state index < -0.39 is 11.9 Å². The molecule has 0 aromatic heterocycles. The highest BCUT2D eigenvalue weighted by molar-refractivity contribution is 5.76. The molecule has 0 aliphatic heterocycles. The van der Waals surface area contributed by atoms with Gasteiger partial charge in [-0.2, -0.15) is 0 Å². The molecule has 1 aromatic carbocycles. The van der Waals surface area contributed by atoms with E-state index in [1.54, 1.807) is 18.4 Å². The van der Waals surface area contributed by atoms with Crippen LogP contribution >= 0.6 is 0 Å². The maximum absolute atomic E-state index is 11.1. The smallest absolute Gasteiger partial charge is 0.313 e. The van der Waals surface area contributed by atoms with E-state index in [0.29, 0.717) is 6.61 Å². The first kappa shape index (κ1) is 14.3. The SMILES string of the molecule is CCO/C=C/c1cccc(C(COC)C(=O)O)c1. The van der Waals surface area contributed by atoms with E-state index in [1.807, 2.05) is 25.1 Å². The lowest BCUT2D eigenvalue weighted by molar-refractivity contribution is -0.140.